The Hall–Kier alpha value is -4.13. The molecule has 2 heterocycles. The smallest absolute Gasteiger partial charge is 0.240 e. The van der Waals surface area contributed by atoms with Crippen molar-refractivity contribution in [2.75, 3.05) is 57.0 Å². The van der Waals surface area contributed by atoms with Gasteiger partial charge in [0.2, 0.25) is 5.91 Å². The number of aromatic nitrogens is 1. The molecular weight excluding hydrogens is 494 g/mol. The van der Waals surface area contributed by atoms with Crippen molar-refractivity contribution in [3.8, 4) is 0 Å². The van der Waals surface area contributed by atoms with Crippen LogP contribution in [-0.4, -0.2) is 67.5 Å². The van der Waals surface area contributed by atoms with Crippen LogP contribution in [0.25, 0.3) is 28.8 Å². The average Bonchev–Trinajstić information content (AvgIpc) is 3.31. The molecule has 1 aliphatic heterocycles. The maximum Gasteiger partial charge on any atom is 0.240 e. The zero-order valence-corrected chi connectivity index (χ0v) is 23.8. The van der Waals surface area contributed by atoms with Crippen molar-refractivity contribution in [2.24, 2.45) is 0 Å². The van der Waals surface area contributed by atoms with E-state index in [1.165, 1.54) is 0 Å². The number of fused-ring (bicyclic) bond motifs is 1. The van der Waals surface area contributed by atoms with Crippen molar-refractivity contribution < 1.29 is 4.79 Å². The van der Waals surface area contributed by atoms with Crippen molar-refractivity contribution in [1.29, 1.82) is 0 Å². The first-order valence-electron chi connectivity index (χ1n) is 14.0. The molecule has 0 saturated carbocycles. The van der Waals surface area contributed by atoms with Crippen LogP contribution in [0.5, 0.6) is 0 Å². The predicted molar refractivity (Wildman–Crippen MR) is 169 cm³/mol. The molecule has 0 unspecified atom stereocenters. The molecule has 2 N–H and O–H groups in total. The van der Waals surface area contributed by atoms with Gasteiger partial charge < -0.3 is 20.1 Å². The van der Waals surface area contributed by atoms with Crippen LogP contribution in [0.1, 0.15) is 24.5 Å². The maximum atomic E-state index is 13.0. The van der Waals surface area contributed by atoms with Gasteiger partial charge in [-0.25, -0.2) is 0 Å². The zero-order valence-electron chi connectivity index (χ0n) is 23.8. The van der Waals surface area contributed by atoms with Crippen LogP contribution in [0.2, 0.25) is 0 Å². The number of piperazine rings is 1. The molecule has 1 saturated heterocycles. The van der Waals surface area contributed by atoms with Gasteiger partial charge in [0.25, 0.3) is 0 Å². The summed E-state index contributed by atoms with van der Waals surface area (Å²) in [7, 11) is 3.98. The van der Waals surface area contributed by atoms with Gasteiger partial charge in [-0.1, -0.05) is 62.5 Å². The molecular formula is C34H39N5O. The molecule has 0 atom stereocenters. The van der Waals surface area contributed by atoms with E-state index in [1.54, 1.807) is 4.90 Å². The van der Waals surface area contributed by atoms with Gasteiger partial charge in [0.15, 0.2) is 0 Å². The standard InChI is InChI=1S/C34H39N5O/c1-6-24(2)27-12-17-30-31(22-27)35-25(3)33(30)34(26-10-8-7-9-11-26)36-28-13-15-29(16-14-28)38(5)32(40)23-39-20-18-37(4)19-21-39/h7-17,22,35-36H,2-3,6,18-21,23H2,1,4-5H3/b34-33+. The second kappa shape index (κ2) is 11.9. The predicted octanol–water partition coefficient (Wildman–Crippen LogP) is 4.48. The van der Waals surface area contributed by atoms with Crippen LogP contribution in [0.4, 0.5) is 11.4 Å². The molecule has 0 spiro atoms. The molecule has 1 aromatic heterocycles. The quantitative estimate of drug-likeness (QED) is 0.351. The molecule has 1 fully saturated rings. The van der Waals surface area contributed by atoms with E-state index in [9.17, 15) is 4.79 Å². The number of anilines is 2. The van der Waals surface area contributed by atoms with Crippen molar-refractivity contribution in [2.45, 2.75) is 13.3 Å². The van der Waals surface area contributed by atoms with Gasteiger partial charge in [-0.2, -0.15) is 0 Å². The number of carbonyl (C=O) groups excluding carboxylic acids is 1. The van der Waals surface area contributed by atoms with E-state index in [0.717, 1.165) is 87.8 Å². The fourth-order valence-electron chi connectivity index (χ4n) is 5.21. The van der Waals surface area contributed by atoms with Gasteiger partial charge in [0.1, 0.15) is 0 Å². The normalized spacial score (nSPS) is 15.2. The van der Waals surface area contributed by atoms with Crippen molar-refractivity contribution in [1.82, 2.24) is 14.8 Å². The lowest BCUT2D eigenvalue weighted by atomic mass is 10.0. The topological polar surface area (TPSA) is 54.6 Å². The van der Waals surface area contributed by atoms with Crippen molar-refractivity contribution >= 4 is 46.0 Å². The Morgan fingerprint density at radius 2 is 1.68 bits per heavy atom. The first kappa shape index (κ1) is 27.4. The minimum atomic E-state index is 0.104. The number of rotatable bonds is 8. The Bertz CT molecular complexity index is 1610. The third-order valence-electron chi connectivity index (χ3n) is 7.88. The molecule has 6 heteroatoms. The SMILES string of the molecule is C=C(CC)c1ccc2/c(=C(/Nc3ccc(N(C)C(=O)CN4CCN(C)CC4)cc3)c3ccccc3)c(=C)[nH]c2c1. The van der Waals surface area contributed by atoms with Gasteiger partial charge in [0, 0.05) is 66.1 Å². The van der Waals surface area contributed by atoms with E-state index in [4.69, 9.17) is 0 Å². The second-order valence-corrected chi connectivity index (χ2v) is 10.6. The monoisotopic (exact) mass is 533 g/mol. The lowest BCUT2D eigenvalue weighted by molar-refractivity contribution is -0.119. The highest BCUT2D eigenvalue weighted by Crippen LogP contribution is 2.23. The molecule has 206 valence electrons. The number of aromatic amines is 1. The average molecular weight is 534 g/mol. The van der Waals surface area contributed by atoms with E-state index < -0.39 is 0 Å². The summed E-state index contributed by atoms with van der Waals surface area (Å²) in [5.41, 5.74) is 7.15. The summed E-state index contributed by atoms with van der Waals surface area (Å²) in [5, 5.41) is 6.67. The number of amides is 1. The highest BCUT2D eigenvalue weighted by atomic mass is 16.2. The summed E-state index contributed by atoms with van der Waals surface area (Å²) in [6.45, 7) is 15.0. The minimum Gasteiger partial charge on any atom is -0.355 e. The van der Waals surface area contributed by atoms with Crippen LogP contribution in [0.15, 0.2) is 79.4 Å². The Morgan fingerprint density at radius 3 is 2.35 bits per heavy atom. The van der Waals surface area contributed by atoms with Gasteiger partial charge >= 0.3 is 0 Å². The number of likely N-dealkylation sites (N-methyl/N-ethyl adjacent to an activating group) is 2. The Labute approximate surface area is 236 Å². The van der Waals surface area contributed by atoms with E-state index >= 15 is 0 Å². The molecule has 4 aromatic rings. The largest absolute Gasteiger partial charge is 0.355 e. The molecule has 1 amide bonds. The number of carbonyl (C=O) groups is 1. The van der Waals surface area contributed by atoms with E-state index in [0.29, 0.717) is 6.54 Å². The summed E-state index contributed by atoms with van der Waals surface area (Å²) < 4.78 is 0. The first-order chi connectivity index (χ1) is 19.3. The molecule has 0 radical (unpaired) electrons. The Kier molecular flexibility index (Phi) is 8.19. The van der Waals surface area contributed by atoms with E-state index in [2.05, 4.69) is 77.6 Å². The molecule has 3 aromatic carbocycles. The van der Waals surface area contributed by atoms with Crippen LogP contribution in [0.3, 0.4) is 0 Å². The zero-order chi connectivity index (χ0) is 28.2. The highest BCUT2D eigenvalue weighted by Gasteiger charge is 2.19. The maximum absolute atomic E-state index is 13.0. The number of nitrogens with zero attached hydrogens (tertiary/aromatic N) is 3. The summed E-state index contributed by atoms with van der Waals surface area (Å²) in [6, 6.07) is 24.8. The molecule has 0 bridgehead atoms. The van der Waals surface area contributed by atoms with Crippen LogP contribution < -0.4 is 20.8 Å². The third kappa shape index (κ3) is 5.88. The molecule has 0 aliphatic carbocycles. The van der Waals surface area contributed by atoms with Gasteiger partial charge in [-0.05, 0) is 60.5 Å². The number of allylic oxidation sites excluding steroid dienone is 1. The van der Waals surface area contributed by atoms with E-state index in [-0.39, 0.29) is 5.91 Å². The summed E-state index contributed by atoms with van der Waals surface area (Å²) in [4.78, 5) is 22.7. The van der Waals surface area contributed by atoms with Crippen molar-refractivity contribution in [3.63, 3.8) is 0 Å². The summed E-state index contributed by atoms with van der Waals surface area (Å²) >= 11 is 0. The number of hydrogen-bond donors (Lipinski definition) is 2. The lowest BCUT2D eigenvalue weighted by Crippen LogP contribution is -2.48. The van der Waals surface area contributed by atoms with Crippen LogP contribution >= 0.6 is 0 Å². The van der Waals surface area contributed by atoms with E-state index in [1.807, 2.05) is 49.5 Å². The van der Waals surface area contributed by atoms with Gasteiger partial charge in [-0.15, -0.1) is 0 Å². The van der Waals surface area contributed by atoms with Gasteiger partial charge in [-0.3, -0.25) is 9.69 Å². The molecule has 6 nitrogen and oxygen atoms in total. The highest BCUT2D eigenvalue weighted by molar-refractivity contribution is 5.95. The van der Waals surface area contributed by atoms with Crippen LogP contribution in [0, 0.1) is 0 Å². The van der Waals surface area contributed by atoms with Crippen LogP contribution in [-0.2, 0) is 4.79 Å². The first-order valence-corrected chi connectivity index (χ1v) is 14.0. The Balaban J connectivity index is 1.44. The third-order valence-corrected chi connectivity index (χ3v) is 7.88. The number of benzene rings is 3. The molecule has 40 heavy (non-hydrogen) atoms. The molecule has 1 aliphatic rings. The summed E-state index contributed by atoms with van der Waals surface area (Å²) in [5.74, 6) is 0.104. The summed E-state index contributed by atoms with van der Waals surface area (Å²) in [6.07, 6.45) is 0.909. The van der Waals surface area contributed by atoms with Crippen molar-refractivity contribution in [3.05, 3.63) is 101 Å². The number of hydrogen-bond acceptors (Lipinski definition) is 4. The number of nitrogens with one attached hydrogen (secondary N) is 2. The second-order valence-electron chi connectivity index (χ2n) is 10.6. The lowest BCUT2D eigenvalue weighted by Gasteiger charge is -2.32. The fraction of sp³-hybridized carbons (Fsp3) is 0.265. The number of H-pyrrole nitrogens is 1. The minimum absolute atomic E-state index is 0.104. The Morgan fingerprint density at radius 1 is 0.975 bits per heavy atom. The fourth-order valence-corrected chi connectivity index (χ4v) is 5.21. The van der Waals surface area contributed by atoms with Gasteiger partial charge in [0.05, 0.1) is 12.2 Å². The molecule has 5 rings (SSSR count).